The van der Waals surface area contributed by atoms with Gasteiger partial charge in [-0.3, -0.25) is 4.98 Å². The third-order valence-corrected chi connectivity index (χ3v) is 2.68. The number of rotatable bonds is 1. The first-order valence-electron chi connectivity index (χ1n) is 3.98. The van der Waals surface area contributed by atoms with E-state index in [1.807, 2.05) is 18.5 Å². The van der Waals surface area contributed by atoms with Crippen LogP contribution in [0.25, 0.3) is 10.1 Å². The van der Waals surface area contributed by atoms with Gasteiger partial charge in [-0.15, -0.1) is 0 Å². The Balaban J connectivity index is 2.73. The Labute approximate surface area is 75.4 Å². The number of pyridine rings is 1. The quantitative estimate of drug-likeness (QED) is 0.671. The highest BCUT2D eigenvalue weighted by molar-refractivity contribution is 7.13. The second-order valence-electron chi connectivity index (χ2n) is 3.10. The number of aromatic nitrogens is 2. The van der Waals surface area contributed by atoms with Gasteiger partial charge >= 0.3 is 0 Å². The fraction of sp³-hybridized carbons (Fsp3) is 0.333. The Hall–Kier alpha value is -0.960. The molecule has 2 aromatic heterocycles. The Morgan fingerprint density at radius 3 is 3.00 bits per heavy atom. The zero-order chi connectivity index (χ0) is 8.55. The van der Waals surface area contributed by atoms with E-state index in [4.69, 9.17) is 0 Å². The van der Waals surface area contributed by atoms with Crippen LogP contribution in [0.5, 0.6) is 0 Å². The third-order valence-electron chi connectivity index (χ3n) is 1.85. The molecule has 0 N–H and O–H groups in total. The number of fused-ring (bicyclic) bond motifs is 1. The van der Waals surface area contributed by atoms with E-state index >= 15 is 0 Å². The van der Waals surface area contributed by atoms with Crippen molar-refractivity contribution in [3.05, 3.63) is 24.2 Å². The van der Waals surface area contributed by atoms with Gasteiger partial charge in [0, 0.05) is 17.8 Å². The predicted molar refractivity (Wildman–Crippen MR) is 51.5 cm³/mol. The van der Waals surface area contributed by atoms with Crippen molar-refractivity contribution in [2.75, 3.05) is 0 Å². The normalized spacial score (nSPS) is 11.2. The lowest BCUT2D eigenvalue weighted by Gasteiger charge is -2.03. The van der Waals surface area contributed by atoms with E-state index in [0.29, 0.717) is 5.92 Å². The fourth-order valence-corrected chi connectivity index (χ4v) is 2.11. The van der Waals surface area contributed by atoms with Crippen LogP contribution in [-0.2, 0) is 0 Å². The SMILES string of the molecule is CC(C)c1nccc2cnsc12. The number of nitrogens with zero attached hydrogens (tertiary/aromatic N) is 2. The van der Waals surface area contributed by atoms with Crippen LogP contribution in [0.15, 0.2) is 18.5 Å². The highest BCUT2D eigenvalue weighted by Crippen LogP contribution is 2.25. The van der Waals surface area contributed by atoms with Gasteiger partial charge < -0.3 is 0 Å². The van der Waals surface area contributed by atoms with Crippen molar-refractivity contribution in [3.8, 4) is 0 Å². The summed E-state index contributed by atoms with van der Waals surface area (Å²) in [4.78, 5) is 4.35. The predicted octanol–water partition coefficient (Wildman–Crippen LogP) is 2.81. The van der Waals surface area contributed by atoms with Crippen molar-refractivity contribution in [1.29, 1.82) is 0 Å². The first kappa shape index (κ1) is 7.68. The molecule has 0 saturated carbocycles. The molecule has 0 aromatic carbocycles. The van der Waals surface area contributed by atoms with Crippen LogP contribution in [0, 0.1) is 0 Å². The molecular weight excluding hydrogens is 168 g/mol. The van der Waals surface area contributed by atoms with Crippen LogP contribution < -0.4 is 0 Å². The molecule has 0 aliphatic rings. The first-order valence-corrected chi connectivity index (χ1v) is 4.75. The standard InChI is InChI=1S/C9H10N2S/c1-6(2)8-9-7(3-4-10-8)5-11-12-9/h3-6H,1-2H3. The lowest BCUT2D eigenvalue weighted by Crippen LogP contribution is -1.90. The molecule has 0 aliphatic carbocycles. The van der Waals surface area contributed by atoms with Crippen LogP contribution in [0.1, 0.15) is 25.5 Å². The average Bonchev–Trinajstić information content (AvgIpc) is 2.49. The van der Waals surface area contributed by atoms with Crippen molar-refractivity contribution < 1.29 is 0 Å². The minimum absolute atomic E-state index is 0.481. The topological polar surface area (TPSA) is 25.8 Å². The van der Waals surface area contributed by atoms with Crippen molar-refractivity contribution in [1.82, 2.24) is 9.36 Å². The van der Waals surface area contributed by atoms with E-state index in [9.17, 15) is 0 Å². The van der Waals surface area contributed by atoms with Crippen LogP contribution in [-0.4, -0.2) is 9.36 Å². The average molecular weight is 178 g/mol. The lowest BCUT2D eigenvalue weighted by atomic mass is 10.1. The molecule has 3 heteroatoms. The number of hydrogen-bond acceptors (Lipinski definition) is 3. The largest absolute Gasteiger partial charge is 0.259 e. The molecule has 0 radical (unpaired) electrons. The van der Waals surface area contributed by atoms with Crippen molar-refractivity contribution in [3.63, 3.8) is 0 Å². The summed E-state index contributed by atoms with van der Waals surface area (Å²) in [5.74, 6) is 0.481. The molecule has 0 amide bonds. The molecule has 0 spiro atoms. The maximum Gasteiger partial charge on any atom is 0.0767 e. The molecule has 2 nitrogen and oxygen atoms in total. The Kier molecular flexibility index (Phi) is 1.81. The monoisotopic (exact) mass is 178 g/mol. The molecule has 62 valence electrons. The molecular formula is C9H10N2S. The number of hydrogen-bond donors (Lipinski definition) is 0. The van der Waals surface area contributed by atoms with Crippen molar-refractivity contribution in [2.45, 2.75) is 19.8 Å². The van der Waals surface area contributed by atoms with E-state index in [1.54, 1.807) is 0 Å². The molecule has 0 unspecified atom stereocenters. The third kappa shape index (κ3) is 1.10. The Morgan fingerprint density at radius 2 is 2.25 bits per heavy atom. The molecule has 12 heavy (non-hydrogen) atoms. The molecule has 2 rings (SSSR count). The van der Waals surface area contributed by atoms with Crippen LogP contribution in [0.4, 0.5) is 0 Å². The van der Waals surface area contributed by atoms with Crippen LogP contribution in [0.3, 0.4) is 0 Å². The second-order valence-corrected chi connectivity index (χ2v) is 3.90. The second kappa shape index (κ2) is 2.83. The van der Waals surface area contributed by atoms with Gasteiger partial charge in [0.15, 0.2) is 0 Å². The molecule has 0 saturated heterocycles. The summed E-state index contributed by atoms with van der Waals surface area (Å²) in [5, 5.41) is 1.21. The summed E-state index contributed by atoms with van der Waals surface area (Å²) >= 11 is 1.53. The molecule has 0 bridgehead atoms. The lowest BCUT2D eigenvalue weighted by molar-refractivity contribution is 0.836. The van der Waals surface area contributed by atoms with Crippen molar-refractivity contribution >= 4 is 21.6 Å². The Morgan fingerprint density at radius 1 is 1.42 bits per heavy atom. The van der Waals surface area contributed by atoms with Gasteiger partial charge in [-0.25, -0.2) is 0 Å². The highest BCUT2D eigenvalue weighted by atomic mass is 32.1. The van der Waals surface area contributed by atoms with Gasteiger partial charge in [-0.2, -0.15) is 4.37 Å². The van der Waals surface area contributed by atoms with E-state index in [1.165, 1.54) is 21.6 Å². The highest BCUT2D eigenvalue weighted by Gasteiger charge is 2.07. The Bertz CT molecular complexity index is 392. The fourth-order valence-electron chi connectivity index (χ4n) is 1.23. The van der Waals surface area contributed by atoms with E-state index in [2.05, 4.69) is 23.2 Å². The maximum absolute atomic E-state index is 4.35. The molecule has 2 aromatic rings. The minimum atomic E-state index is 0.481. The summed E-state index contributed by atoms with van der Waals surface area (Å²) in [6, 6.07) is 2.00. The molecule has 2 heterocycles. The van der Waals surface area contributed by atoms with Crippen molar-refractivity contribution in [2.24, 2.45) is 0 Å². The van der Waals surface area contributed by atoms with Crippen LogP contribution in [0.2, 0.25) is 0 Å². The van der Waals surface area contributed by atoms with Gasteiger partial charge in [-0.1, -0.05) is 13.8 Å². The summed E-state index contributed by atoms with van der Waals surface area (Å²) < 4.78 is 5.38. The van der Waals surface area contributed by atoms with Gasteiger partial charge in [-0.05, 0) is 23.5 Å². The van der Waals surface area contributed by atoms with Gasteiger partial charge in [0.1, 0.15) is 0 Å². The molecule has 0 fully saturated rings. The first-order chi connectivity index (χ1) is 5.79. The summed E-state index contributed by atoms with van der Waals surface area (Å²) in [6.45, 7) is 4.31. The summed E-state index contributed by atoms with van der Waals surface area (Å²) in [7, 11) is 0. The van der Waals surface area contributed by atoms with E-state index in [0.717, 1.165) is 5.69 Å². The van der Waals surface area contributed by atoms with E-state index < -0.39 is 0 Å². The minimum Gasteiger partial charge on any atom is -0.259 e. The van der Waals surface area contributed by atoms with Gasteiger partial charge in [0.25, 0.3) is 0 Å². The van der Waals surface area contributed by atoms with Gasteiger partial charge in [0.05, 0.1) is 10.4 Å². The van der Waals surface area contributed by atoms with Gasteiger partial charge in [0.2, 0.25) is 0 Å². The van der Waals surface area contributed by atoms with E-state index in [-0.39, 0.29) is 0 Å². The molecule has 0 atom stereocenters. The zero-order valence-corrected chi connectivity index (χ0v) is 7.93. The smallest absolute Gasteiger partial charge is 0.0767 e. The zero-order valence-electron chi connectivity index (χ0n) is 7.11. The maximum atomic E-state index is 4.35. The van der Waals surface area contributed by atoms with Crippen LogP contribution >= 0.6 is 11.5 Å². The molecule has 0 aliphatic heterocycles. The summed E-state index contributed by atoms with van der Waals surface area (Å²) in [6.07, 6.45) is 3.75. The summed E-state index contributed by atoms with van der Waals surface area (Å²) in [5.41, 5.74) is 1.16.